The lowest BCUT2D eigenvalue weighted by Crippen LogP contribution is -2.21. The number of ether oxygens (including phenoxy) is 1. The van der Waals surface area contributed by atoms with Crippen molar-refractivity contribution in [2.24, 2.45) is 0 Å². The van der Waals surface area contributed by atoms with Crippen molar-refractivity contribution < 1.29 is 45.9 Å². The molecular weight excluding hydrogens is 345 g/mol. The molecule has 1 rings (SSSR count). The van der Waals surface area contributed by atoms with Crippen molar-refractivity contribution in [1.29, 1.82) is 0 Å². The number of phenolic OH excluding ortho intramolecular Hbond substituents is 1. The van der Waals surface area contributed by atoms with Crippen LogP contribution in [0.1, 0.15) is 23.2 Å². The van der Waals surface area contributed by atoms with Crippen LogP contribution < -0.4 is 0 Å². The van der Waals surface area contributed by atoms with E-state index >= 15 is 0 Å². The third kappa shape index (κ3) is 6.42. The highest BCUT2D eigenvalue weighted by atomic mass is 32.2. The molecule has 23 heavy (non-hydrogen) atoms. The molecule has 0 spiro atoms. The molecule has 0 radical (unpaired) electrons. The van der Waals surface area contributed by atoms with Crippen molar-refractivity contribution in [3.8, 4) is 5.75 Å². The third-order valence-electron chi connectivity index (χ3n) is 2.64. The number of carbonyl (C=O) groups excluding carboxylic acids is 1. The van der Waals surface area contributed by atoms with E-state index in [0.717, 1.165) is 12.1 Å². The second-order valence-electron chi connectivity index (χ2n) is 4.55. The van der Waals surface area contributed by atoms with E-state index in [-0.39, 0.29) is 0 Å². The molecule has 0 bridgehead atoms. The predicted molar refractivity (Wildman–Crippen MR) is 69.5 cm³/mol. The van der Waals surface area contributed by atoms with E-state index in [1.54, 1.807) is 0 Å². The molecule has 1 atom stereocenters. The van der Waals surface area contributed by atoms with Crippen LogP contribution in [0.3, 0.4) is 0 Å². The average molecular weight is 358 g/mol. The Balaban J connectivity index is 2.69. The van der Waals surface area contributed by atoms with Crippen molar-refractivity contribution in [1.82, 2.24) is 0 Å². The first-order chi connectivity index (χ1) is 10.4. The van der Waals surface area contributed by atoms with Gasteiger partial charge >= 0.3 is 12.1 Å². The van der Waals surface area contributed by atoms with Crippen LogP contribution in [0.2, 0.25) is 0 Å². The molecule has 0 aromatic heterocycles. The number of aromatic hydroxyl groups is 1. The number of halogens is 3. The van der Waals surface area contributed by atoms with Crippen LogP contribution >= 0.6 is 0 Å². The molecule has 1 aromatic rings. The number of rotatable bonds is 6. The van der Waals surface area contributed by atoms with Gasteiger partial charge in [0.25, 0.3) is 10.1 Å². The fraction of sp³-hybridized carbons (Fsp3) is 0.417. The number of aliphatic hydroxyl groups is 1. The van der Waals surface area contributed by atoms with Gasteiger partial charge in [0, 0.05) is 6.42 Å². The average Bonchev–Trinajstić information content (AvgIpc) is 2.35. The topological polar surface area (TPSA) is 121 Å². The van der Waals surface area contributed by atoms with E-state index in [0.29, 0.717) is 6.07 Å². The Bertz CT molecular complexity index is 670. The van der Waals surface area contributed by atoms with Crippen LogP contribution in [0, 0.1) is 0 Å². The number of hydrogen-bond donors (Lipinski definition) is 3. The summed E-state index contributed by atoms with van der Waals surface area (Å²) in [6, 6.07) is 2.33. The fourth-order valence-corrected chi connectivity index (χ4v) is 2.08. The van der Waals surface area contributed by atoms with Crippen LogP contribution in [0.25, 0.3) is 0 Å². The molecule has 0 amide bonds. The monoisotopic (exact) mass is 358 g/mol. The van der Waals surface area contributed by atoms with Crippen molar-refractivity contribution in [3.63, 3.8) is 0 Å². The zero-order valence-electron chi connectivity index (χ0n) is 11.4. The second-order valence-corrected chi connectivity index (χ2v) is 5.97. The fourth-order valence-electron chi connectivity index (χ4n) is 1.57. The minimum atomic E-state index is -4.61. The molecule has 0 heterocycles. The first kappa shape index (κ1) is 19.2. The zero-order valence-corrected chi connectivity index (χ0v) is 12.3. The predicted octanol–water partition coefficient (Wildman–Crippen LogP) is 1.50. The lowest BCUT2D eigenvalue weighted by molar-refractivity contribution is -0.154. The Hall–Kier alpha value is -1.85. The van der Waals surface area contributed by atoms with Crippen molar-refractivity contribution in [2.75, 3.05) is 6.61 Å². The molecule has 7 nitrogen and oxygen atoms in total. The summed E-state index contributed by atoms with van der Waals surface area (Å²) >= 11 is 0. The van der Waals surface area contributed by atoms with Gasteiger partial charge in [-0.2, -0.15) is 21.6 Å². The Morgan fingerprint density at radius 3 is 2.43 bits per heavy atom. The van der Waals surface area contributed by atoms with E-state index in [2.05, 4.69) is 4.74 Å². The maximum absolute atomic E-state index is 12.0. The van der Waals surface area contributed by atoms with Gasteiger partial charge in [-0.15, -0.1) is 0 Å². The van der Waals surface area contributed by atoms with Gasteiger partial charge < -0.3 is 14.9 Å². The molecule has 1 aromatic carbocycles. The van der Waals surface area contributed by atoms with Crippen LogP contribution in [-0.4, -0.2) is 48.0 Å². The molecular formula is C12H13F3O7S. The summed E-state index contributed by atoms with van der Waals surface area (Å²) in [4.78, 5) is 11.0. The van der Waals surface area contributed by atoms with Crippen LogP contribution in [0.5, 0.6) is 5.75 Å². The zero-order chi connectivity index (χ0) is 17.8. The standard InChI is InChI=1S/C12H13F3O7S/c13-12(14,15)6-7(16)3-4-22-11(18)9-5-8(23(19,20)21)1-2-10(9)17/h1-2,5,7,16-17H,3-4,6H2,(H,19,20,21). The first-order valence-corrected chi connectivity index (χ1v) is 7.56. The summed E-state index contributed by atoms with van der Waals surface area (Å²) in [6.45, 7) is -0.578. The number of carbonyl (C=O) groups is 1. The van der Waals surface area contributed by atoms with Gasteiger partial charge in [0.1, 0.15) is 11.3 Å². The number of hydrogen-bond acceptors (Lipinski definition) is 6. The van der Waals surface area contributed by atoms with E-state index < -0.39 is 64.0 Å². The van der Waals surface area contributed by atoms with E-state index in [1.807, 2.05) is 0 Å². The second kappa shape index (κ2) is 7.15. The lowest BCUT2D eigenvalue weighted by Gasteiger charge is -2.13. The van der Waals surface area contributed by atoms with E-state index in [9.17, 15) is 31.5 Å². The van der Waals surface area contributed by atoms with Crippen molar-refractivity contribution >= 4 is 16.1 Å². The Labute approximate surface area is 129 Å². The van der Waals surface area contributed by atoms with Gasteiger partial charge in [-0.25, -0.2) is 4.79 Å². The molecule has 0 fully saturated rings. The lowest BCUT2D eigenvalue weighted by atomic mass is 10.2. The smallest absolute Gasteiger partial charge is 0.391 e. The minimum Gasteiger partial charge on any atom is -0.507 e. The minimum absolute atomic E-state index is 0.496. The summed E-state index contributed by atoms with van der Waals surface area (Å²) in [6.07, 6.45) is -8.29. The Morgan fingerprint density at radius 1 is 1.30 bits per heavy atom. The largest absolute Gasteiger partial charge is 0.507 e. The molecule has 0 aliphatic rings. The van der Waals surface area contributed by atoms with Crippen molar-refractivity contribution in [2.45, 2.75) is 30.0 Å². The number of alkyl halides is 3. The Kier molecular flexibility index (Phi) is 5.97. The quantitative estimate of drug-likeness (QED) is 0.520. The highest BCUT2D eigenvalue weighted by Gasteiger charge is 2.31. The molecule has 0 saturated heterocycles. The molecule has 0 saturated carbocycles. The first-order valence-electron chi connectivity index (χ1n) is 6.12. The van der Waals surface area contributed by atoms with Gasteiger partial charge in [0.15, 0.2) is 0 Å². The highest BCUT2D eigenvalue weighted by molar-refractivity contribution is 7.85. The summed E-state index contributed by atoms with van der Waals surface area (Å²) in [7, 11) is -4.61. The van der Waals surface area contributed by atoms with Gasteiger partial charge in [-0.3, -0.25) is 4.55 Å². The summed E-state index contributed by atoms with van der Waals surface area (Å²) in [5, 5.41) is 18.6. The maximum Gasteiger partial charge on any atom is 0.391 e. The highest BCUT2D eigenvalue weighted by Crippen LogP contribution is 2.24. The number of phenols is 1. The third-order valence-corrected chi connectivity index (χ3v) is 3.49. The number of aliphatic hydroxyl groups excluding tert-OH is 1. The van der Waals surface area contributed by atoms with Gasteiger partial charge in [-0.1, -0.05) is 0 Å². The molecule has 0 aliphatic heterocycles. The van der Waals surface area contributed by atoms with Crippen LogP contribution in [0.4, 0.5) is 13.2 Å². The van der Waals surface area contributed by atoms with Crippen LogP contribution in [0.15, 0.2) is 23.1 Å². The van der Waals surface area contributed by atoms with Gasteiger partial charge in [0.05, 0.1) is 24.0 Å². The number of esters is 1. The summed E-state index contributed by atoms with van der Waals surface area (Å²) in [5.74, 6) is -1.86. The van der Waals surface area contributed by atoms with E-state index in [4.69, 9.17) is 9.66 Å². The molecule has 0 aliphatic carbocycles. The summed E-state index contributed by atoms with van der Waals surface area (Å²) < 4.78 is 71.2. The SMILES string of the molecule is O=C(OCCC(O)CC(F)(F)F)c1cc(S(=O)(=O)O)ccc1O. The number of benzene rings is 1. The molecule has 1 unspecified atom stereocenters. The van der Waals surface area contributed by atoms with Crippen LogP contribution in [-0.2, 0) is 14.9 Å². The maximum atomic E-state index is 12.0. The van der Waals surface area contributed by atoms with Gasteiger partial charge in [0.2, 0.25) is 0 Å². The van der Waals surface area contributed by atoms with E-state index in [1.165, 1.54) is 0 Å². The summed E-state index contributed by atoms with van der Waals surface area (Å²) in [5.41, 5.74) is -0.592. The van der Waals surface area contributed by atoms with Gasteiger partial charge in [-0.05, 0) is 18.2 Å². The normalized spacial score (nSPS) is 13.6. The molecule has 11 heteroatoms. The molecule has 130 valence electrons. The van der Waals surface area contributed by atoms with Crippen molar-refractivity contribution in [3.05, 3.63) is 23.8 Å². The molecule has 3 N–H and O–H groups in total. The Morgan fingerprint density at radius 2 is 1.91 bits per heavy atom.